The first-order chi connectivity index (χ1) is 12.1. The highest BCUT2D eigenvalue weighted by Crippen LogP contribution is 2.23. The molecule has 1 heterocycles. The molecule has 0 unspecified atom stereocenters. The SMILES string of the molecule is COc1ccc(CNc2nncc(Nc3cc(Cl)ccc3C)n2)cc1. The second-order valence-electron chi connectivity index (χ2n) is 5.45. The van der Waals surface area contributed by atoms with Crippen LogP contribution in [0.5, 0.6) is 5.75 Å². The van der Waals surface area contributed by atoms with Crippen molar-refractivity contribution in [1.29, 1.82) is 0 Å². The molecular formula is C18H18ClN5O. The molecule has 0 spiro atoms. The fourth-order valence-corrected chi connectivity index (χ4v) is 2.40. The molecule has 0 aliphatic rings. The van der Waals surface area contributed by atoms with Gasteiger partial charge in [-0.15, -0.1) is 5.10 Å². The predicted molar refractivity (Wildman–Crippen MR) is 99.6 cm³/mol. The van der Waals surface area contributed by atoms with E-state index >= 15 is 0 Å². The average Bonchev–Trinajstić information content (AvgIpc) is 2.64. The van der Waals surface area contributed by atoms with E-state index in [0.29, 0.717) is 23.3 Å². The summed E-state index contributed by atoms with van der Waals surface area (Å²) >= 11 is 6.04. The van der Waals surface area contributed by atoms with Crippen LogP contribution in [0.1, 0.15) is 11.1 Å². The standard InChI is InChI=1S/C18H18ClN5O/c1-12-3-6-14(19)9-16(12)22-17-11-21-24-18(23-17)20-10-13-4-7-15(25-2)8-5-13/h3-9,11H,10H2,1-2H3,(H2,20,22,23,24). The maximum absolute atomic E-state index is 6.04. The zero-order chi connectivity index (χ0) is 17.6. The lowest BCUT2D eigenvalue weighted by Crippen LogP contribution is -2.06. The summed E-state index contributed by atoms with van der Waals surface area (Å²) in [6.45, 7) is 2.58. The molecule has 0 atom stereocenters. The summed E-state index contributed by atoms with van der Waals surface area (Å²) < 4.78 is 5.15. The summed E-state index contributed by atoms with van der Waals surface area (Å²) in [6.07, 6.45) is 1.57. The van der Waals surface area contributed by atoms with Crippen LogP contribution in [-0.2, 0) is 6.54 Å². The van der Waals surface area contributed by atoms with Crippen molar-refractivity contribution < 1.29 is 4.74 Å². The Morgan fingerprint density at radius 1 is 1.12 bits per heavy atom. The Kier molecular flexibility index (Phi) is 5.30. The van der Waals surface area contributed by atoms with E-state index in [0.717, 1.165) is 22.6 Å². The van der Waals surface area contributed by atoms with Gasteiger partial charge in [0, 0.05) is 17.3 Å². The van der Waals surface area contributed by atoms with Gasteiger partial charge in [-0.3, -0.25) is 0 Å². The van der Waals surface area contributed by atoms with Gasteiger partial charge in [0.15, 0.2) is 5.82 Å². The van der Waals surface area contributed by atoms with E-state index in [9.17, 15) is 0 Å². The van der Waals surface area contributed by atoms with Crippen LogP contribution in [0.4, 0.5) is 17.5 Å². The number of hydrogen-bond acceptors (Lipinski definition) is 6. The highest BCUT2D eigenvalue weighted by atomic mass is 35.5. The van der Waals surface area contributed by atoms with Crippen molar-refractivity contribution in [2.75, 3.05) is 17.7 Å². The molecule has 2 N–H and O–H groups in total. The Bertz CT molecular complexity index is 854. The van der Waals surface area contributed by atoms with Gasteiger partial charge < -0.3 is 15.4 Å². The topological polar surface area (TPSA) is 72.0 Å². The Balaban J connectivity index is 1.67. The number of nitrogens with zero attached hydrogens (tertiary/aromatic N) is 3. The zero-order valence-electron chi connectivity index (χ0n) is 14.0. The Hall–Kier alpha value is -2.86. The zero-order valence-corrected chi connectivity index (χ0v) is 14.7. The van der Waals surface area contributed by atoms with Gasteiger partial charge in [0.1, 0.15) is 5.75 Å². The molecule has 3 aromatic rings. The number of nitrogens with one attached hydrogen (secondary N) is 2. The minimum atomic E-state index is 0.445. The second-order valence-corrected chi connectivity index (χ2v) is 5.89. The Morgan fingerprint density at radius 3 is 2.68 bits per heavy atom. The number of aryl methyl sites for hydroxylation is 1. The van der Waals surface area contributed by atoms with E-state index in [1.807, 2.05) is 49.4 Å². The fourth-order valence-electron chi connectivity index (χ4n) is 2.23. The van der Waals surface area contributed by atoms with Crippen molar-refractivity contribution in [3.05, 3.63) is 64.8 Å². The molecule has 0 bridgehead atoms. The van der Waals surface area contributed by atoms with Crippen LogP contribution in [0.2, 0.25) is 5.02 Å². The van der Waals surface area contributed by atoms with Crippen LogP contribution in [0, 0.1) is 6.92 Å². The van der Waals surface area contributed by atoms with Gasteiger partial charge in [0.25, 0.3) is 0 Å². The van der Waals surface area contributed by atoms with Gasteiger partial charge in [0.2, 0.25) is 5.95 Å². The van der Waals surface area contributed by atoms with Crippen molar-refractivity contribution in [2.45, 2.75) is 13.5 Å². The molecule has 25 heavy (non-hydrogen) atoms. The molecule has 0 amide bonds. The first-order valence-electron chi connectivity index (χ1n) is 7.74. The minimum Gasteiger partial charge on any atom is -0.497 e. The van der Waals surface area contributed by atoms with Crippen molar-refractivity contribution in [2.24, 2.45) is 0 Å². The molecule has 7 heteroatoms. The molecule has 1 aromatic heterocycles. The number of hydrogen-bond donors (Lipinski definition) is 2. The third-order valence-corrected chi connectivity index (χ3v) is 3.87. The van der Waals surface area contributed by atoms with Crippen molar-refractivity contribution >= 4 is 29.1 Å². The number of methoxy groups -OCH3 is 1. The van der Waals surface area contributed by atoms with Crippen LogP contribution in [0.3, 0.4) is 0 Å². The summed E-state index contributed by atoms with van der Waals surface area (Å²) in [5.41, 5.74) is 3.04. The van der Waals surface area contributed by atoms with Crippen LogP contribution < -0.4 is 15.4 Å². The summed E-state index contributed by atoms with van der Waals surface area (Å²) in [4.78, 5) is 4.42. The molecule has 0 saturated heterocycles. The Morgan fingerprint density at radius 2 is 1.92 bits per heavy atom. The molecule has 6 nitrogen and oxygen atoms in total. The van der Waals surface area contributed by atoms with Crippen molar-refractivity contribution in [3.8, 4) is 5.75 Å². The summed E-state index contributed by atoms with van der Waals surface area (Å²) in [7, 11) is 1.65. The minimum absolute atomic E-state index is 0.445. The lowest BCUT2D eigenvalue weighted by Gasteiger charge is -2.10. The first-order valence-corrected chi connectivity index (χ1v) is 8.11. The highest BCUT2D eigenvalue weighted by Gasteiger charge is 2.04. The van der Waals surface area contributed by atoms with Gasteiger partial charge in [-0.2, -0.15) is 10.1 Å². The molecule has 0 aliphatic heterocycles. The quantitative estimate of drug-likeness (QED) is 0.690. The molecule has 128 valence electrons. The highest BCUT2D eigenvalue weighted by molar-refractivity contribution is 6.30. The maximum Gasteiger partial charge on any atom is 0.244 e. The second kappa shape index (κ2) is 7.81. The molecule has 0 fully saturated rings. The molecule has 0 saturated carbocycles. The predicted octanol–water partition coefficient (Wildman–Crippen LogP) is 4.20. The molecular weight excluding hydrogens is 338 g/mol. The van der Waals surface area contributed by atoms with Gasteiger partial charge in [0.05, 0.1) is 13.3 Å². The number of benzene rings is 2. The molecule has 0 radical (unpaired) electrons. The fraction of sp³-hybridized carbons (Fsp3) is 0.167. The third-order valence-electron chi connectivity index (χ3n) is 3.63. The average molecular weight is 356 g/mol. The number of aromatic nitrogens is 3. The number of halogens is 1. The van der Waals surface area contributed by atoms with E-state index in [1.54, 1.807) is 13.3 Å². The summed E-state index contributed by atoms with van der Waals surface area (Å²) in [5.74, 6) is 1.86. The molecule has 2 aromatic carbocycles. The molecule has 3 rings (SSSR count). The lowest BCUT2D eigenvalue weighted by atomic mass is 10.2. The first kappa shape index (κ1) is 17.0. The van der Waals surface area contributed by atoms with E-state index in [1.165, 1.54) is 0 Å². The number of rotatable bonds is 6. The number of anilines is 3. The van der Waals surface area contributed by atoms with E-state index in [-0.39, 0.29) is 0 Å². The number of ether oxygens (including phenoxy) is 1. The van der Waals surface area contributed by atoms with Gasteiger partial charge in [-0.1, -0.05) is 29.8 Å². The van der Waals surface area contributed by atoms with Gasteiger partial charge in [-0.25, -0.2) is 0 Å². The van der Waals surface area contributed by atoms with Crippen LogP contribution in [0.15, 0.2) is 48.7 Å². The monoisotopic (exact) mass is 355 g/mol. The van der Waals surface area contributed by atoms with E-state index in [2.05, 4.69) is 25.8 Å². The smallest absolute Gasteiger partial charge is 0.244 e. The lowest BCUT2D eigenvalue weighted by molar-refractivity contribution is 0.414. The van der Waals surface area contributed by atoms with Crippen LogP contribution >= 0.6 is 11.6 Å². The third kappa shape index (κ3) is 4.58. The van der Waals surface area contributed by atoms with Gasteiger partial charge >= 0.3 is 0 Å². The van der Waals surface area contributed by atoms with Crippen molar-refractivity contribution in [1.82, 2.24) is 15.2 Å². The maximum atomic E-state index is 6.04. The molecule has 0 aliphatic carbocycles. The van der Waals surface area contributed by atoms with Crippen molar-refractivity contribution in [3.63, 3.8) is 0 Å². The summed E-state index contributed by atoms with van der Waals surface area (Å²) in [5, 5.41) is 15.0. The van der Waals surface area contributed by atoms with Crippen LogP contribution in [-0.4, -0.2) is 22.3 Å². The summed E-state index contributed by atoms with van der Waals surface area (Å²) in [6, 6.07) is 13.4. The van der Waals surface area contributed by atoms with E-state index < -0.39 is 0 Å². The van der Waals surface area contributed by atoms with Crippen LogP contribution in [0.25, 0.3) is 0 Å². The largest absolute Gasteiger partial charge is 0.497 e. The van der Waals surface area contributed by atoms with E-state index in [4.69, 9.17) is 16.3 Å². The Labute approximate surface area is 151 Å². The normalized spacial score (nSPS) is 10.4. The van der Waals surface area contributed by atoms with Gasteiger partial charge in [-0.05, 0) is 42.3 Å².